The Morgan fingerprint density at radius 2 is 1.37 bits per heavy atom. The topological polar surface area (TPSA) is 91.0 Å². The highest BCUT2D eigenvalue weighted by Gasteiger charge is 2.32. The number of piperazine rings is 1. The second-order valence-electron chi connectivity index (χ2n) is 11.6. The number of nitrogens with one attached hydrogen (secondary N) is 2. The monoisotopic (exact) mass is 656 g/mol. The van der Waals surface area contributed by atoms with Crippen LogP contribution in [0.2, 0.25) is 0 Å². The van der Waals surface area contributed by atoms with Crippen molar-refractivity contribution in [3.63, 3.8) is 0 Å². The van der Waals surface area contributed by atoms with Crippen LogP contribution in [0.5, 0.6) is 5.75 Å². The normalized spacial score (nSPS) is 14.3. The minimum Gasteiger partial charge on any atom is -0.493 e. The van der Waals surface area contributed by atoms with Crippen molar-refractivity contribution >= 4 is 38.9 Å². The number of para-hydroxylation sites is 1. The molecule has 1 aliphatic heterocycles. The Kier molecular flexibility index (Phi) is 11.2. The van der Waals surface area contributed by atoms with Gasteiger partial charge in [0.2, 0.25) is 10.0 Å². The number of benzene rings is 4. The highest BCUT2D eigenvalue weighted by Crippen LogP contribution is 2.30. The molecule has 0 bridgehead atoms. The van der Waals surface area contributed by atoms with Crippen molar-refractivity contribution in [3.8, 4) is 5.75 Å². The maximum atomic E-state index is 13.6. The fourth-order valence-electron chi connectivity index (χ4n) is 5.46. The molecule has 0 aliphatic carbocycles. The van der Waals surface area contributed by atoms with Gasteiger partial charge in [-0.1, -0.05) is 86.6 Å². The predicted molar refractivity (Wildman–Crippen MR) is 187 cm³/mol. The molecule has 0 spiro atoms. The minimum atomic E-state index is -3.70. The molecule has 240 valence electrons. The molecule has 0 aromatic heterocycles. The molecule has 1 heterocycles. The molecule has 46 heavy (non-hydrogen) atoms. The summed E-state index contributed by atoms with van der Waals surface area (Å²) in [4.78, 5) is 15.5. The van der Waals surface area contributed by atoms with Gasteiger partial charge in [0.05, 0.1) is 23.1 Å². The number of rotatable bonds is 11. The van der Waals surface area contributed by atoms with E-state index in [4.69, 9.17) is 17.0 Å². The summed E-state index contributed by atoms with van der Waals surface area (Å²) in [6.07, 6.45) is 0.876. The smallest absolute Gasteiger partial charge is 0.261 e. The zero-order valence-electron chi connectivity index (χ0n) is 26.1. The third-order valence-corrected chi connectivity index (χ3v) is 10.0. The second-order valence-corrected chi connectivity index (χ2v) is 14.0. The Balaban J connectivity index is 1.18. The van der Waals surface area contributed by atoms with Crippen molar-refractivity contribution < 1.29 is 17.9 Å². The Hall–Kier alpha value is -4.09. The van der Waals surface area contributed by atoms with Gasteiger partial charge < -0.3 is 10.1 Å². The highest BCUT2D eigenvalue weighted by atomic mass is 32.2. The molecular formula is C36H40N4O4S2. The third-order valence-electron chi connectivity index (χ3n) is 7.93. The van der Waals surface area contributed by atoms with E-state index in [1.165, 1.54) is 11.1 Å². The van der Waals surface area contributed by atoms with Crippen LogP contribution in [0.4, 0.5) is 5.69 Å². The molecule has 0 saturated carbocycles. The molecule has 1 aliphatic rings. The van der Waals surface area contributed by atoms with Gasteiger partial charge >= 0.3 is 0 Å². The Bertz CT molecular complexity index is 1670. The lowest BCUT2D eigenvalue weighted by Crippen LogP contribution is -2.49. The summed E-state index contributed by atoms with van der Waals surface area (Å²) in [6.45, 7) is 6.72. The lowest BCUT2D eigenvalue weighted by molar-refractivity contribution is 0.0973. The molecule has 4 aromatic rings. The summed E-state index contributed by atoms with van der Waals surface area (Å²) in [7, 11) is -3.70. The van der Waals surface area contributed by atoms with Crippen LogP contribution >= 0.6 is 12.2 Å². The van der Waals surface area contributed by atoms with Gasteiger partial charge in [0.25, 0.3) is 5.91 Å². The summed E-state index contributed by atoms with van der Waals surface area (Å²) in [5.41, 5.74) is 3.31. The average Bonchev–Trinajstić information content (AvgIpc) is 3.06. The van der Waals surface area contributed by atoms with Crippen LogP contribution in [-0.2, 0) is 10.0 Å². The zero-order chi connectivity index (χ0) is 32.5. The summed E-state index contributed by atoms with van der Waals surface area (Å²) >= 11 is 5.37. The van der Waals surface area contributed by atoms with E-state index in [2.05, 4.69) is 53.6 Å². The highest BCUT2D eigenvalue weighted by molar-refractivity contribution is 7.89. The number of amides is 1. The summed E-state index contributed by atoms with van der Waals surface area (Å²) < 4.78 is 34.5. The molecule has 1 fully saturated rings. The van der Waals surface area contributed by atoms with E-state index in [0.717, 1.165) is 6.42 Å². The fourth-order valence-corrected chi connectivity index (χ4v) is 7.10. The number of ether oxygens (including phenoxy) is 1. The predicted octanol–water partition coefficient (Wildman–Crippen LogP) is 6.33. The number of sulfonamides is 1. The van der Waals surface area contributed by atoms with Gasteiger partial charge in [0.1, 0.15) is 5.75 Å². The molecule has 0 unspecified atom stereocenters. The Labute approximate surface area is 277 Å². The van der Waals surface area contributed by atoms with Crippen LogP contribution in [-0.4, -0.2) is 61.4 Å². The van der Waals surface area contributed by atoms with Crippen LogP contribution in [0.25, 0.3) is 0 Å². The standard InChI is InChI=1S/C36H40N4O4S2/c1-27(2)21-26-44-33-16-10-9-15-32(33)35(41)38-36(45)37-30-17-19-31(20-18-30)46(42,43)40-24-22-39(23-25-40)34(28-11-5-3-6-12-28)29-13-7-4-8-14-29/h3-20,27,34H,21-26H2,1-2H3,(H2,37,38,41,45). The molecular weight excluding hydrogens is 617 g/mol. The van der Waals surface area contributed by atoms with Crippen LogP contribution in [0.1, 0.15) is 47.8 Å². The van der Waals surface area contributed by atoms with Crippen LogP contribution < -0.4 is 15.4 Å². The van der Waals surface area contributed by atoms with E-state index in [9.17, 15) is 13.2 Å². The average molecular weight is 657 g/mol. The van der Waals surface area contributed by atoms with Crippen molar-refractivity contribution in [2.45, 2.75) is 31.2 Å². The van der Waals surface area contributed by atoms with E-state index in [1.54, 1.807) is 46.8 Å². The molecule has 1 saturated heterocycles. The third kappa shape index (κ3) is 8.38. The number of carbonyl (C=O) groups excluding carboxylic acids is 1. The van der Waals surface area contributed by atoms with Crippen molar-refractivity contribution in [2.75, 3.05) is 38.1 Å². The van der Waals surface area contributed by atoms with Gasteiger partial charge in [-0.2, -0.15) is 4.31 Å². The SMILES string of the molecule is CC(C)CCOc1ccccc1C(=O)NC(=S)Nc1ccc(S(=O)(=O)N2CCN(C(c3ccccc3)c3ccccc3)CC2)cc1. The van der Waals surface area contributed by atoms with Gasteiger partial charge in [-0.05, 0) is 72.1 Å². The second kappa shape index (κ2) is 15.5. The molecule has 0 radical (unpaired) electrons. The molecule has 1 amide bonds. The number of hydrogen-bond donors (Lipinski definition) is 2. The van der Waals surface area contributed by atoms with E-state index in [0.29, 0.717) is 55.7 Å². The fraction of sp³-hybridized carbons (Fsp3) is 0.278. The first-order valence-corrected chi connectivity index (χ1v) is 17.4. The maximum absolute atomic E-state index is 13.6. The quantitative estimate of drug-likeness (QED) is 0.182. The number of carbonyl (C=O) groups is 1. The van der Waals surface area contributed by atoms with Gasteiger partial charge in [-0.25, -0.2) is 8.42 Å². The van der Waals surface area contributed by atoms with E-state index < -0.39 is 15.9 Å². The van der Waals surface area contributed by atoms with Crippen molar-refractivity contribution in [1.82, 2.24) is 14.5 Å². The lowest BCUT2D eigenvalue weighted by Gasteiger charge is -2.39. The largest absolute Gasteiger partial charge is 0.493 e. The number of hydrogen-bond acceptors (Lipinski definition) is 6. The van der Waals surface area contributed by atoms with Crippen LogP contribution in [0.3, 0.4) is 0 Å². The summed E-state index contributed by atoms with van der Waals surface area (Å²) in [6, 6.07) is 34.1. The molecule has 8 nitrogen and oxygen atoms in total. The summed E-state index contributed by atoms with van der Waals surface area (Å²) in [5.74, 6) is 0.592. The first-order chi connectivity index (χ1) is 22.2. The van der Waals surface area contributed by atoms with Gasteiger partial charge in [0.15, 0.2) is 5.11 Å². The van der Waals surface area contributed by atoms with Crippen LogP contribution in [0.15, 0.2) is 114 Å². The molecule has 10 heteroatoms. The number of nitrogens with zero attached hydrogens (tertiary/aromatic N) is 2. The van der Waals surface area contributed by atoms with Gasteiger partial charge in [-0.15, -0.1) is 0 Å². The minimum absolute atomic E-state index is 0.0489. The lowest BCUT2D eigenvalue weighted by atomic mass is 9.96. The number of anilines is 1. The van der Waals surface area contributed by atoms with Crippen LogP contribution in [0, 0.1) is 5.92 Å². The molecule has 0 atom stereocenters. The molecule has 5 rings (SSSR count). The van der Waals surface area contributed by atoms with E-state index in [1.807, 2.05) is 42.5 Å². The van der Waals surface area contributed by atoms with Crippen molar-refractivity contribution in [2.24, 2.45) is 5.92 Å². The van der Waals surface area contributed by atoms with Crippen molar-refractivity contribution in [1.29, 1.82) is 0 Å². The molecule has 4 aromatic carbocycles. The van der Waals surface area contributed by atoms with E-state index in [-0.39, 0.29) is 16.0 Å². The Morgan fingerprint density at radius 1 is 0.804 bits per heavy atom. The van der Waals surface area contributed by atoms with Gasteiger partial charge in [-0.3, -0.25) is 15.0 Å². The number of thiocarbonyl (C=S) groups is 1. The van der Waals surface area contributed by atoms with Crippen molar-refractivity contribution in [3.05, 3.63) is 126 Å². The van der Waals surface area contributed by atoms with Gasteiger partial charge in [0, 0.05) is 31.9 Å². The molecule has 2 N–H and O–H groups in total. The Morgan fingerprint density at radius 3 is 1.96 bits per heavy atom. The maximum Gasteiger partial charge on any atom is 0.261 e. The summed E-state index contributed by atoms with van der Waals surface area (Å²) in [5, 5.41) is 5.76. The first-order valence-electron chi connectivity index (χ1n) is 15.5. The zero-order valence-corrected chi connectivity index (χ0v) is 27.8. The van der Waals surface area contributed by atoms with E-state index >= 15 is 0 Å². The first kappa shape index (κ1) is 33.3.